The monoisotopic (exact) mass is 439 g/mol. The number of carbonyl (C=O) groups excluding carboxylic acids is 1. The number of carbonyl (C=O) groups is 1. The highest BCUT2D eigenvalue weighted by molar-refractivity contribution is 5.91. The summed E-state index contributed by atoms with van der Waals surface area (Å²) in [5.41, 5.74) is 1.20. The highest BCUT2D eigenvalue weighted by Crippen LogP contribution is 2.42. The lowest BCUT2D eigenvalue weighted by molar-refractivity contribution is -0.120. The number of nitrogens with zero attached hydrogens (tertiary/aromatic N) is 2. The second kappa shape index (κ2) is 8.82. The van der Waals surface area contributed by atoms with Gasteiger partial charge in [0.15, 0.2) is 0 Å². The first-order valence-corrected chi connectivity index (χ1v) is 10.8. The smallest absolute Gasteiger partial charge is 0.228 e. The zero-order valence-electron chi connectivity index (χ0n) is 18.2. The van der Waals surface area contributed by atoms with Gasteiger partial charge in [0.25, 0.3) is 0 Å². The number of anilines is 1. The van der Waals surface area contributed by atoms with E-state index in [1.807, 2.05) is 0 Å². The third kappa shape index (κ3) is 4.58. The van der Waals surface area contributed by atoms with E-state index in [1.165, 1.54) is 37.3 Å². The fraction of sp³-hybridized carbons (Fsp3) is 0.360. The number of rotatable bonds is 7. The summed E-state index contributed by atoms with van der Waals surface area (Å²) >= 11 is 0. The third-order valence-corrected chi connectivity index (χ3v) is 6.18. The number of amides is 1. The van der Waals surface area contributed by atoms with E-state index < -0.39 is 17.3 Å². The molecule has 0 spiro atoms. The maximum Gasteiger partial charge on any atom is 0.228 e. The van der Waals surface area contributed by atoms with Crippen LogP contribution >= 0.6 is 0 Å². The van der Waals surface area contributed by atoms with E-state index in [2.05, 4.69) is 10.4 Å². The van der Waals surface area contributed by atoms with Crippen LogP contribution in [0.2, 0.25) is 0 Å². The molecule has 2 aromatic carbocycles. The summed E-state index contributed by atoms with van der Waals surface area (Å²) in [5.74, 6) is -0.371. The molecular formula is C25H27F2N3O2. The molecule has 1 atom stereocenters. The number of nitrogens with one attached hydrogen (secondary N) is 1. The topological polar surface area (TPSA) is 67.2 Å². The van der Waals surface area contributed by atoms with Crippen molar-refractivity contribution in [3.8, 4) is 0 Å². The Labute approximate surface area is 186 Å². The zero-order chi connectivity index (χ0) is 22.9. The number of aryl methyl sites for hydroxylation is 1. The van der Waals surface area contributed by atoms with Gasteiger partial charge in [0, 0.05) is 24.6 Å². The van der Waals surface area contributed by atoms with Crippen molar-refractivity contribution in [3.05, 3.63) is 82.5 Å². The molecule has 5 nitrogen and oxygen atoms in total. The maximum atomic E-state index is 14.2. The van der Waals surface area contributed by atoms with Crippen LogP contribution in [0.1, 0.15) is 60.9 Å². The minimum atomic E-state index is -1.65. The predicted molar refractivity (Wildman–Crippen MR) is 118 cm³/mol. The first-order chi connectivity index (χ1) is 15.2. The molecule has 1 aliphatic carbocycles. The quantitative estimate of drug-likeness (QED) is 0.556. The molecule has 0 aliphatic heterocycles. The van der Waals surface area contributed by atoms with E-state index in [4.69, 9.17) is 0 Å². The summed E-state index contributed by atoms with van der Waals surface area (Å²) in [4.78, 5) is 12.9. The van der Waals surface area contributed by atoms with Gasteiger partial charge >= 0.3 is 0 Å². The molecule has 4 rings (SSSR count). The van der Waals surface area contributed by atoms with Crippen LogP contribution in [0.15, 0.2) is 48.5 Å². The van der Waals surface area contributed by atoms with Crippen molar-refractivity contribution in [2.45, 2.75) is 50.5 Å². The van der Waals surface area contributed by atoms with Gasteiger partial charge in [0.2, 0.25) is 5.91 Å². The van der Waals surface area contributed by atoms with Crippen LogP contribution in [0, 0.1) is 11.6 Å². The van der Waals surface area contributed by atoms with Crippen molar-refractivity contribution in [1.82, 2.24) is 9.78 Å². The van der Waals surface area contributed by atoms with Crippen LogP contribution < -0.4 is 5.32 Å². The summed E-state index contributed by atoms with van der Waals surface area (Å²) in [7, 11) is 1.76. The Morgan fingerprint density at radius 1 is 1.19 bits per heavy atom. The van der Waals surface area contributed by atoms with Gasteiger partial charge in [-0.1, -0.05) is 36.8 Å². The van der Waals surface area contributed by atoms with Crippen LogP contribution in [0.3, 0.4) is 0 Å². The number of benzene rings is 2. The summed E-state index contributed by atoms with van der Waals surface area (Å²) in [6, 6.07) is 12.2. The molecule has 0 bridgehead atoms. The van der Waals surface area contributed by atoms with Crippen molar-refractivity contribution in [2.75, 3.05) is 5.32 Å². The predicted octanol–water partition coefficient (Wildman–Crippen LogP) is 4.79. The number of hydrogen-bond acceptors (Lipinski definition) is 3. The summed E-state index contributed by atoms with van der Waals surface area (Å²) in [5, 5.41) is 18.3. The van der Waals surface area contributed by atoms with Crippen molar-refractivity contribution < 1.29 is 18.7 Å². The van der Waals surface area contributed by atoms with E-state index in [0.717, 1.165) is 36.1 Å². The Morgan fingerprint density at radius 3 is 2.50 bits per heavy atom. The molecule has 1 aromatic heterocycles. The van der Waals surface area contributed by atoms with Gasteiger partial charge in [-0.3, -0.25) is 9.48 Å². The number of aliphatic hydroxyl groups is 1. The first kappa shape index (κ1) is 22.1. The van der Waals surface area contributed by atoms with E-state index in [9.17, 15) is 18.7 Å². The lowest BCUT2D eigenvalue weighted by Gasteiger charge is -2.27. The molecule has 1 aliphatic rings. The van der Waals surface area contributed by atoms with E-state index in [1.54, 1.807) is 29.9 Å². The van der Waals surface area contributed by atoms with E-state index >= 15 is 0 Å². The SMILES string of the molecule is Cn1nc(Cc2ccc(F)cc2)c(C2CCC2)c1NC(=O)CC(C)(O)c1ccccc1F. The Hall–Kier alpha value is -3.06. The van der Waals surface area contributed by atoms with Crippen LogP contribution in [0.4, 0.5) is 14.6 Å². The minimum absolute atomic E-state index is 0.0800. The molecule has 1 heterocycles. The zero-order valence-corrected chi connectivity index (χ0v) is 18.2. The molecule has 1 unspecified atom stereocenters. The van der Waals surface area contributed by atoms with Crippen molar-refractivity contribution >= 4 is 11.7 Å². The fourth-order valence-corrected chi connectivity index (χ4v) is 4.28. The fourth-order valence-electron chi connectivity index (χ4n) is 4.28. The lowest BCUT2D eigenvalue weighted by Crippen LogP contribution is -2.30. The van der Waals surface area contributed by atoms with Crippen LogP contribution in [0.5, 0.6) is 0 Å². The molecule has 2 N–H and O–H groups in total. The van der Waals surface area contributed by atoms with Gasteiger partial charge < -0.3 is 10.4 Å². The molecule has 1 saturated carbocycles. The van der Waals surface area contributed by atoms with Crippen LogP contribution in [-0.2, 0) is 23.9 Å². The molecule has 7 heteroatoms. The Morgan fingerprint density at radius 2 is 1.88 bits per heavy atom. The highest BCUT2D eigenvalue weighted by atomic mass is 19.1. The van der Waals surface area contributed by atoms with Gasteiger partial charge in [-0.05, 0) is 49.4 Å². The van der Waals surface area contributed by atoms with Crippen LogP contribution in [0.25, 0.3) is 0 Å². The van der Waals surface area contributed by atoms with E-state index in [0.29, 0.717) is 18.2 Å². The maximum absolute atomic E-state index is 14.2. The molecule has 0 radical (unpaired) electrons. The van der Waals surface area contributed by atoms with Crippen molar-refractivity contribution in [2.24, 2.45) is 7.05 Å². The summed E-state index contributed by atoms with van der Waals surface area (Å²) in [6.45, 7) is 1.43. The van der Waals surface area contributed by atoms with Crippen molar-refractivity contribution in [1.29, 1.82) is 0 Å². The molecule has 1 fully saturated rings. The Kier molecular flexibility index (Phi) is 6.11. The second-order valence-corrected chi connectivity index (χ2v) is 8.74. The highest BCUT2D eigenvalue weighted by Gasteiger charge is 2.32. The number of hydrogen-bond donors (Lipinski definition) is 2. The van der Waals surface area contributed by atoms with Gasteiger partial charge in [0.1, 0.15) is 17.5 Å². The molecule has 3 aromatic rings. The average Bonchev–Trinajstić information content (AvgIpc) is 2.97. The largest absolute Gasteiger partial charge is 0.385 e. The minimum Gasteiger partial charge on any atom is -0.385 e. The van der Waals surface area contributed by atoms with E-state index in [-0.39, 0.29) is 17.8 Å². The van der Waals surface area contributed by atoms with Gasteiger partial charge in [-0.15, -0.1) is 0 Å². The average molecular weight is 440 g/mol. The molecule has 1 amide bonds. The van der Waals surface area contributed by atoms with Gasteiger partial charge in [-0.25, -0.2) is 8.78 Å². The lowest BCUT2D eigenvalue weighted by atomic mass is 9.79. The van der Waals surface area contributed by atoms with Crippen molar-refractivity contribution in [3.63, 3.8) is 0 Å². The summed E-state index contributed by atoms with van der Waals surface area (Å²) < 4.78 is 29.1. The van der Waals surface area contributed by atoms with Crippen LogP contribution in [-0.4, -0.2) is 20.8 Å². The molecule has 168 valence electrons. The number of aromatic nitrogens is 2. The second-order valence-electron chi connectivity index (χ2n) is 8.74. The Bertz CT molecular complexity index is 1120. The van der Waals surface area contributed by atoms with Gasteiger partial charge in [0.05, 0.1) is 17.7 Å². The third-order valence-electron chi connectivity index (χ3n) is 6.18. The molecule has 32 heavy (non-hydrogen) atoms. The normalized spacial score (nSPS) is 15.8. The first-order valence-electron chi connectivity index (χ1n) is 10.8. The standard InChI is InChI=1S/C25H27F2N3O2/c1-25(32,19-8-3-4-9-20(19)27)15-22(31)28-24-23(17-6-5-7-17)21(29-30(24)2)14-16-10-12-18(26)13-11-16/h3-4,8-13,17,32H,5-7,14-15H2,1-2H3,(H,28,31). The molecular weight excluding hydrogens is 412 g/mol. The van der Waals surface area contributed by atoms with Gasteiger partial charge in [-0.2, -0.15) is 5.10 Å². The Balaban J connectivity index is 1.57. The summed E-state index contributed by atoms with van der Waals surface area (Å²) in [6.07, 6.45) is 3.38. The number of halogens is 2. The molecule has 0 saturated heterocycles.